The van der Waals surface area contributed by atoms with Crippen LogP contribution in [0.25, 0.3) is 0 Å². The number of carbonyl (C=O) groups excluding carboxylic acids is 1. The van der Waals surface area contributed by atoms with Crippen molar-refractivity contribution in [2.24, 2.45) is 11.7 Å². The molecule has 5 nitrogen and oxygen atoms in total. The minimum Gasteiger partial charge on any atom is -0.345 e. The first-order valence-corrected chi connectivity index (χ1v) is 8.54. The van der Waals surface area contributed by atoms with E-state index in [2.05, 4.69) is 21.8 Å². The first-order chi connectivity index (χ1) is 11.4. The van der Waals surface area contributed by atoms with Crippen LogP contribution >= 0.6 is 0 Å². The molecule has 0 bridgehead atoms. The van der Waals surface area contributed by atoms with Gasteiger partial charge in [-0.05, 0) is 57.7 Å². The summed E-state index contributed by atoms with van der Waals surface area (Å²) in [6.07, 6.45) is 4.08. The zero-order valence-corrected chi connectivity index (χ0v) is 14.7. The van der Waals surface area contributed by atoms with Gasteiger partial charge < -0.3 is 15.6 Å². The predicted molar refractivity (Wildman–Crippen MR) is 94.9 cm³/mol. The number of nitrogens with zero attached hydrogens (tertiary/aromatic N) is 2. The molecule has 1 aliphatic rings. The van der Waals surface area contributed by atoms with Crippen LogP contribution < -0.4 is 11.1 Å². The van der Waals surface area contributed by atoms with Gasteiger partial charge in [-0.3, -0.25) is 9.78 Å². The zero-order valence-electron chi connectivity index (χ0n) is 14.7. The minimum absolute atomic E-state index is 0.0322. The van der Waals surface area contributed by atoms with Gasteiger partial charge in [0.05, 0.1) is 23.3 Å². The second kappa shape index (κ2) is 6.40. The van der Waals surface area contributed by atoms with Gasteiger partial charge >= 0.3 is 0 Å². The van der Waals surface area contributed by atoms with E-state index < -0.39 is 0 Å². The van der Waals surface area contributed by atoms with Crippen molar-refractivity contribution in [3.63, 3.8) is 0 Å². The number of amides is 1. The first-order valence-electron chi connectivity index (χ1n) is 8.54. The van der Waals surface area contributed by atoms with E-state index >= 15 is 0 Å². The van der Waals surface area contributed by atoms with E-state index in [4.69, 9.17) is 5.73 Å². The van der Waals surface area contributed by atoms with Crippen molar-refractivity contribution in [1.82, 2.24) is 14.9 Å². The Bertz CT molecular complexity index is 733. The van der Waals surface area contributed by atoms with Gasteiger partial charge in [-0.15, -0.1) is 0 Å². The van der Waals surface area contributed by atoms with Crippen LogP contribution in [-0.4, -0.2) is 27.5 Å². The lowest BCUT2D eigenvalue weighted by Crippen LogP contribution is -2.53. The van der Waals surface area contributed by atoms with Crippen LogP contribution in [0.3, 0.4) is 0 Å². The summed E-state index contributed by atoms with van der Waals surface area (Å²) < 4.78 is 2.13. The molecule has 0 radical (unpaired) electrons. The molecule has 1 aliphatic carbocycles. The first kappa shape index (κ1) is 16.7. The van der Waals surface area contributed by atoms with Crippen LogP contribution in [0.4, 0.5) is 0 Å². The Hall–Kier alpha value is -2.14. The maximum atomic E-state index is 12.8. The highest BCUT2D eigenvalue weighted by molar-refractivity contribution is 5.96. The lowest BCUT2D eigenvalue weighted by atomic mass is 9.95. The maximum absolute atomic E-state index is 12.8. The van der Waals surface area contributed by atoms with E-state index in [-0.39, 0.29) is 11.4 Å². The van der Waals surface area contributed by atoms with E-state index in [1.54, 1.807) is 6.20 Å². The van der Waals surface area contributed by atoms with Crippen molar-refractivity contribution < 1.29 is 4.79 Å². The maximum Gasteiger partial charge on any atom is 0.253 e. The number of aryl methyl sites for hydroxylation is 1. The van der Waals surface area contributed by atoms with Gasteiger partial charge in [0.25, 0.3) is 5.91 Å². The molecule has 2 heterocycles. The molecular formula is C19H26N4O. The summed E-state index contributed by atoms with van der Waals surface area (Å²) in [5.74, 6) is 0.471. The number of carbonyl (C=O) groups is 1. The Morgan fingerprint density at radius 2 is 2.17 bits per heavy atom. The summed E-state index contributed by atoms with van der Waals surface area (Å²) in [5.41, 5.74) is 9.35. The van der Waals surface area contributed by atoms with E-state index in [9.17, 15) is 4.79 Å². The van der Waals surface area contributed by atoms with Gasteiger partial charge in [0.2, 0.25) is 0 Å². The van der Waals surface area contributed by atoms with Gasteiger partial charge in [0.1, 0.15) is 0 Å². The normalized spacial score (nSPS) is 16.7. The molecule has 2 aromatic heterocycles. The topological polar surface area (TPSA) is 72.9 Å². The van der Waals surface area contributed by atoms with Gasteiger partial charge in [-0.2, -0.15) is 0 Å². The van der Waals surface area contributed by atoms with Gasteiger partial charge in [-0.25, -0.2) is 0 Å². The number of nitrogens with one attached hydrogen (secondary N) is 1. The van der Waals surface area contributed by atoms with Gasteiger partial charge in [0.15, 0.2) is 0 Å². The second-order valence-electron chi connectivity index (χ2n) is 7.04. The number of rotatable bonds is 6. The van der Waals surface area contributed by atoms with Crippen molar-refractivity contribution in [2.45, 2.75) is 45.7 Å². The molecule has 0 saturated heterocycles. The summed E-state index contributed by atoms with van der Waals surface area (Å²) >= 11 is 0. The average molecular weight is 326 g/mol. The standard InChI is InChI=1S/C19H26N4O/c1-13-10-17(18(24)22-19(3,12-20)15-7-8-15)14(2)23(13)11-16-6-4-5-9-21-16/h4-6,9-10,15H,7-8,11-12,20H2,1-3H3,(H,22,24). The molecular weight excluding hydrogens is 300 g/mol. The zero-order chi connectivity index (χ0) is 17.3. The Morgan fingerprint density at radius 3 is 2.75 bits per heavy atom. The molecule has 1 fully saturated rings. The summed E-state index contributed by atoms with van der Waals surface area (Å²) in [4.78, 5) is 17.2. The third-order valence-corrected chi connectivity index (χ3v) is 5.17. The fourth-order valence-electron chi connectivity index (χ4n) is 3.29. The monoisotopic (exact) mass is 326 g/mol. The number of pyridine rings is 1. The Morgan fingerprint density at radius 1 is 1.42 bits per heavy atom. The molecule has 3 rings (SSSR count). The van der Waals surface area contributed by atoms with Crippen LogP contribution in [0.2, 0.25) is 0 Å². The predicted octanol–water partition coefficient (Wildman–Crippen LogP) is 2.41. The van der Waals surface area contributed by atoms with Crippen LogP contribution in [0.5, 0.6) is 0 Å². The number of hydrogen-bond donors (Lipinski definition) is 2. The van der Waals surface area contributed by atoms with E-state index in [0.29, 0.717) is 19.0 Å². The number of nitrogens with two attached hydrogens (primary N) is 1. The van der Waals surface area contributed by atoms with Crippen LogP contribution in [0.15, 0.2) is 30.5 Å². The highest BCUT2D eigenvalue weighted by atomic mass is 16.1. The molecule has 1 atom stereocenters. The highest BCUT2D eigenvalue weighted by Gasteiger charge is 2.41. The summed E-state index contributed by atoms with van der Waals surface area (Å²) in [6.45, 7) is 7.20. The van der Waals surface area contributed by atoms with Crippen molar-refractivity contribution in [3.05, 3.63) is 53.1 Å². The van der Waals surface area contributed by atoms with Gasteiger partial charge in [0, 0.05) is 24.1 Å². The molecule has 0 spiro atoms. The van der Waals surface area contributed by atoms with E-state index in [0.717, 1.165) is 35.5 Å². The van der Waals surface area contributed by atoms with Crippen LogP contribution in [0, 0.1) is 19.8 Å². The SMILES string of the molecule is Cc1cc(C(=O)NC(C)(CN)C2CC2)c(C)n1Cc1ccccn1. The summed E-state index contributed by atoms with van der Waals surface area (Å²) in [5, 5.41) is 3.17. The van der Waals surface area contributed by atoms with Crippen LogP contribution in [-0.2, 0) is 6.54 Å². The fourth-order valence-corrected chi connectivity index (χ4v) is 3.29. The number of aromatic nitrogens is 2. The van der Waals surface area contributed by atoms with Crippen molar-refractivity contribution in [2.75, 3.05) is 6.54 Å². The third-order valence-electron chi connectivity index (χ3n) is 5.17. The largest absolute Gasteiger partial charge is 0.345 e. The number of hydrogen-bond acceptors (Lipinski definition) is 3. The smallest absolute Gasteiger partial charge is 0.253 e. The third kappa shape index (κ3) is 3.22. The Labute approximate surface area is 143 Å². The Balaban J connectivity index is 1.81. The Kier molecular flexibility index (Phi) is 4.45. The second-order valence-corrected chi connectivity index (χ2v) is 7.04. The van der Waals surface area contributed by atoms with Crippen LogP contribution in [0.1, 0.15) is 47.2 Å². The van der Waals surface area contributed by atoms with Gasteiger partial charge in [-0.1, -0.05) is 6.07 Å². The average Bonchev–Trinajstić information content (AvgIpc) is 3.39. The molecule has 2 aromatic rings. The molecule has 5 heteroatoms. The van der Waals surface area contributed by atoms with E-state index in [1.165, 1.54) is 0 Å². The highest BCUT2D eigenvalue weighted by Crippen LogP contribution is 2.39. The summed E-state index contributed by atoms with van der Waals surface area (Å²) in [7, 11) is 0. The lowest BCUT2D eigenvalue weighted by Gasteiger charge is -2.29. The molecule has 128 valence electrons. The molecule has 1 saturated carbocycles. The fraction of sp³-hybridized carbons (Fsp3) is 0.474. The van der Waals surface area contributed by atoms with E-state index in [1.807, 2.05) is 38.1 Å². The molecule has 3 N–H and O–H groups in total. The minimum atomic E-state index is -0.305. The van der Waals surface area contributed by atoms with Crippen molar-refractivity contribution in [3.8, 4) is 0 Å². The summed E-state index contributed by atoms with van der Waals surface area (Å²) in [6, 6.07) is 7.84. The molecule has 1 unspecified atom stereocenters. The van der Waals surface area contributed by atoms with Crippen molar-refractivity contribution in [1.29, 1.82) is 0 Å². The molecule has 0 aromatic carbocycles. The molecule has 0 aliphatic heterocycles. The lowest BCUT2D eigenvalue weighted by molar-refractivity contribution is 0.0897. The molecule has 1 amide bonds. The van der Waals surface area contributed by atoms with Crippen molar-refractivity contribution >= 4 is 5.91 Å². The molecule has 24 heavy (non-hydrogen) atoms. The quantitative estimate of drug-likeness (QED) is 0.856.